The molecular weight excluding hydrogens is 198 g/mol. The Balaban J connectivity index is 2.42. The lowest BCUT2D eigenvalue weighted by molar-refractivity contribution is -0.123. The van der Waals surface area contributed by atoms with Crippen LogP contribution in [0.15, 0.2) is 0 Å². The molecule has 1 fully saturated rings. The topological polar surface area (TPSA) is 44.4 Å². The van der Waals surface area contributed by atoms with Gasteiger partial charge in [0.25, 0.3) is 0 Å². The fraction of sp³-hybridized carbons (Fsp3) is 0.778. The van der Waals surface area contributed by atoms with E-state index in [1.807, 2.05) is 11.8 Å². The minimum absolute atomic E-state index is 0.0457. The molecule has 1 aliphatic heterocycles. The molecule has 0 spiro atoms. The maximum atomic E-state index is 11.2. The highest BCUT2D eigenvalue weighted by atomic mass is 32.1. The molecule has 1 heterocycles. The maximum absolute atomic E-state index is 11.2. The van der Waals surface area contributed by atoms with Crippen molar-refractivity contribution in [2.75, 3.05) is 19.6 Å². The molecule has 0 aromatic heterocycles. The molecule has 0 aliphatic carbocycles. The first-order valence-electron chi connectivity index (χ1n) is 4.95. The van der Waals surface area contributed by atoms with E-state index in [0.717, 1.165) is 19.5 Å². The number of nitrogens with one attached hydrogen (secondary N) is 2. The Kier molecular flexibility index (Phi) is 4.13. The molecule has 0 aromatic rings. The third-order valence-corrected chi connectivity index (χ3v) is 2.45. The van der Waals surface area contributed by atoms with Gasteiger partial charge in [-0.1, -0.05) is 6.92 Å². The van der Waals surface area contributed by atoms with Crippen LogP contribution in [0.2, 0.25) is 0 Å². The molecule has 1 atom stereocenters. The number of amides is 1. The summed E-state index contributed by atoms with van der Waals surface area (Å²) in [6.45, 7) is 6.10. The summed E-state index contributed by atoms with van der Waals surface area (Å²) in [5, 5.41) is 6.66. The molecule has 1 rings (SSSR count). The minimum Gasteiger partial charge on any atom is -0.363 e. The van der Waals surface area contributed by atoms with Gasteiger partial charge < -0.3 is 15.5 Å². The van der Waals surface area contributed by atoms with Crippen molar-refractivity contribution in [3.63, 3.8) is 0 Å². The highest BCUT2D eigenvalue weighted by molar-refractivity contribution is 7.80. The van der Waals surface area contributed by atoms with Crippen molar-refractivity contribution in [1.82, 2.24) is 15.5 Å². The molecule has 5 heteroatoms. The van der Waals surface area contributed by atoms with Crippen molar-refractivity contribution in [3.8, 4) is 0 Å². The second-order valence-corrected chi connectivity index (χ2v) is 3.97. The normalized spacial score (nSPS) is 21.7. The van der Waals surface area contributed by atoms with E-state index in [2.05, 4.69) is 17.6 Å². The second kappa shape index (κ2) is 5.14. The van der Waals surface area contributed by atoms with Gasteiger partial charge in [0.1, 0.15) is 0 Å². The number of carbonyl (C=O) groups excluding carboxylic acids is 1. The van der Waals surface area contributed by atoms with Crippen LogP contribution in [0.25, 0.3) is 0 Å². The molecule has 1 unspecified atom stereocenters. The number of hydrogen-bond donors (Lipinski definition) is 2. The van der Waals surface area contributed by atoms with E-state index in [4.69, 9.17) is 12.2 Å². The molecule has 0 radical (unpaired) electrons. The zero-order valence-electron chi connectivity index (χ0n) is 8.67. The summed E-state index contributed by atoms with van der Waals surface area (Å²) in [7, 11) is 0. The highest BCUT2D eigenvalue weighted by Crippen LogP contribution is 2.00. The summed E-state index contributed by atoms with van der Waals surface area (Å²) in [5.74, 6) is 0.0457. The Morgan fingerprint density at radius 3 is 3.07 bits per heavy atom. The summed E-state index contributed by atoms with van der Waals surface area (Å²) >= 11 is 5.18. The van der Waals surface area contributed by atoms with Gasteiger partial charge >= 0.3 is 0 Å². The van der Waals surface area contributed by atoms with Crippen molar-refractivity contribution >= 4 is 23.2 Å². The van der Waals surface area contributed by atoms with Crippen molar-refractivity contribution in [2.45, 2.75) is 26.3 Å². The Bertz CT molecular complexity index is 232. The maximum Gasteiger partial charge on any atom is 0.239 e. The van der Waals surface area contributed by atoms with Gasteiger partial charge in [-0.2, -0.15) is 0 Å². The third kappa shape index (κ3) is 3.14. The quantitative estimate of drug-likeness (QED) is 0.641. The van der Waals surface area contributed by atoms with Gasteiger partial charge in [-0.3, -0.25) is 4.79 Å². The lowest BCUT2D eigenvalue weighted by Crippen LogP contribution is -2.56. The summed E-state index contributed by atoms with van der Waals surface area (Å²) in [6, 6.07) is 0.178. The first-order valence-corrected chi connectivity index (χ1v) is 5.36. The predicted molar refractivity (Wildman–Crippen MR) is 60.1 cm³/mol. The number of piperazine rings is 1. The van der Waals surface area contributed by atoms with Crippen LogP contribution >= 0.6 is 12.2 Å². The van der Waals surface area contributed by atoms with Gasteiger partial charge in [0.15, 0.2) is 5.11 Å². The lowest BCUT2D eigenvalue weighted by Gasteiger charge is -2.33. The van der Waals surface area contributed by atoms with E-state index in [9.17, 15) is 4.79 Å². The molecule has 1 amide bonds. The van der Waals surface area contributed by atoms with Crippen molar-refractivity contribution in [3.05, 3.63) is 0 Å². The van der Waals surface area contributed by atoms with Crippen LogP contribution < -0.4 is 10.6 Å². The predicted octanol–water partition coefficient (Wildman–Crippen LogP) is 0.0912. The number of nitrogens with zero attached hydrogens (tertiary/aromatic N) is 1. The fourth-order valence-electron chi connectivity index (χ4n) is 1.43. The molecule has 1 saturated heterocycles. The average Bonchev–Trinajstić information content (AvgIpc) is 2.12. The monoisotopic (exact) mass is 215 g/mol. The van der Waals surface area contributed by atoms with Gasteiger partial charge in [0, 0.05) is 19.1 Å². The van der Waals surface area contributed by atoms with E-state index in [1.54, 1.807) is 0 Å². The summed E-state index contributed by atoms with van der Waals surface area (Å²) in [5.41, 5.74) is 0. The van der Waals surface area contributed by atoms with Gasteiger partial charge in [0.2, 0.25) is 5.91 Å². The van der Waals surface area contributed by atoms with Crippen LogP contribution in [-0.2, 0) is 4.79 Å². The Hall–Kier alpha value is -0.840. The molecule has 80 valence electrons. The molecular formula is C9H17N3OS. The van der Waals surface area contributed by atoms with Crippen LogP contribution in [0, 0.1) is 0 Å². The zero-order valence-corrected chi connectivity index (χ0v) is 9.49. The smallest absolute Gasteiger partial charge is 0.239 e. The summed E-state index contributed by atoms with van der Waals surface area (Å²) in [6.07, 6.45) is 1.04. The fourth-order valence-corrected chi connectivity index (χ4v) is 1.67. The number of carbonyl (C=O) groups is 1. The third-order valence-electron chi connectivity index (χ3n) is 2.05. The first-order chi connectivity index (χ1) is 6.63. The van der Waals surface area contributed by atoms with E-state index < -0.39 is 0 Å². The van der Waals surface area contributed by atoms with E-state index in [0.29, 0.717) is 11.7 Å². The Labute approximate surface area is 90.0 Å². The molecule has 0 saturated carbocycles. The van der Waals surface area contributed by atoms with Crippen molar-refractivity contribution in [1.29, 1.82) is 0 Å². The van der Waals surface area contributed by atoms with E-state index in [1.165, 1.54) is 0 Å². The minimum atomic E-state index is 0.0457. The largest absolute Gasteiger partial charge is 0.363 e. The average molecular weight is 215 g/mol. The molecule has 14 heavy (non-hydrogen) atoms. The SMILES string of the molecule is CCCNC(=S)N1CC(=O)NC(C)C1. The van der Waals surface area contributed by atoms with Crippen LogP contribution in [0.3, 0.4) is 0 Å². The Morgan fingerprint density at radius 2 is 2.50 bits per heavy atom. The van der Waals surface area contributed by atoms with Crippen LogP contribution in [0.4, 0.5) is 0 Å². The Morgan fingerprint density at radius 1 is 1.79 bits per heavy atom. The van der Waals surface area contributed by atoms with E-state index in [-0.39, 0.29) is 11.9 Å². The number of thiocarbonyl (C=S) groups is 1. The molecule has 2 N–H and O–H groups in total. The summed E-state index contributed by atoms with van der Waals surface area (Å²) in [4.78, 5) is 13.1. The highest BCUT2D eigenvalue weighted by Gasteiger charge is 2.22. The molecule has 1 aliphatic rings. The number of rotatable bonds is 2. The van der Waals surface area contributed by atoms with Crippen LogP contribution in [0.5, 0.6) is 0 Å². The number of hydrogen-bond acceptors (Lipinski definition) is 2. The standard InChI is InChI=1S/C9H17N3OS/c1-3-4-10-9(14)12-5-7(2)11-8(13)6-12/h7H,3-6H2,1-2H3,(H,10,14)(H,11,13). The van der Waals surface area contributed by atoms with Crippen LogP contribution in [0.1, 0.15) is 20.3 Å². The second-order valence-electron chi connectivity index (χ2n) is 3.58. The molecule has 0 aromatic carbocycles. The molecule has 4 nitrogen and oxygen atoms in total. The van der Waals surface area contributed by atoms with Gasteiger partial charge in [0.05, 0.1) is 6.54 Å². The zero-order chi connectivity index (χ0) is 10.6. The van der Waals surface area contributed by atoms with E-state index >= 15 is 0 Å². The van der Waals surface area contributed by atoms with Gasteiger partial charge in [-0.05, 0) is 25.6 Å². The van der Waals surface area contributed by atoms with Crippen LogP contribution in [-0.4, -0.2) is 41.6 Å². The summed E-state index contributed by atoms with van der Waals surface area (Å²) < 4.78 is 0. The first kappa shape index (κ1) is 11.2. The molecule has 0 bridgehead atoms. The lowest BCUT2D eigenvalue weighted by atomic mass is 10.2. The van der Waals surface area contributed by atoms with Crippen molar-refractivity contribution < 1.29 is 4.79 Å². The van der Waals surface area contributed by atoms with Gasteiger partial charge in [-0.15, -0.1) is 0 Å². The van der Waals surface area contributed by atoms with Gasteiger partial charge in [-0.25, -0.2) is 0 Å². The van der Waals surface area contributed by atoms with Crippen molar-refractivity contribution in [2.24, 2.45) is 0 Å².